The molecule has 3 N–H and O–H groups in total. The average Bonchev–Trinajstić information content (AvgIpc) is 2.61. The number of aromatic carboxylic acids is 1. The first-order chi connectivity index (χ1) is 12.5. The second kappa shape index (κ2) is 7.01. The third-order valence-corrected chi connectivity index (χ3v) is 4.11. The third-order valence-electron chi connectivity index (χ3n) is 4.11. The van der Waals surface area contributed by atoms with Gasteiger partial charge in [-0.1, -0.05) is 6.92 Å². The number of carboxylic acid groups (broad SMARTS) is 1. The summed E-state index contributed by atoms with van der Waals surface area (Å²) in [5.41, 5.74) is 0.508. The number of halogens is 1. The maximum Gasteiger partial charge on any atom is 0.341 e. The Morgan fingerprint density at radius 2 is 2.19 bits per heavy atom. The zero-order valence-corrected chi connectivity index (χ0v) is 14.3. The van der Waals surface area contributed by atoms with Crippen molar-refractivity contribution in [3.05, 3.63) is 57.5 Å². The van der Waals surface area contributed by atoms with Crippen LogP contribution in [0.4, 0.5) is 4.39 Å². The monoisotopic (exact) mass is 356 g/mol. The lowest BCUT2D eigenvalue weighted by Gasteiger charge is -2.13. The van der Waals surface area contributed by atoms with Crippen molar-refractivity contribution in [3.63, 3.8) is 0 Å². The van der Waals surface area contributed by atoms with Crippen LogP contribution in [-0.2, 0) is 13.0 Å². The summed E-state index contributed by atoms with van der Waals surface area (Å²) in [6, 6.07) is 2.67. The summed E-state index contributed by atoms with van der Waals surface area (Å²) >= 11 is 0. The van der Waals surface area contributed by atoms with Gasteiger partial charge in [0.1, 0.15) is 17.2 Å². The molecule has 0 fully saturated rings. The highest BCUT2D eigenvalue weighted by Gasteiger charge is 2.20. The molecule has 7 nitrogen and oxygen atoms in total. The van der Waals surface area contributed by atoms with Crippen LogP contribution in [0.2, 0.25) is 0 Å². The third kappa shape index (κ3) is 2.95. The maximum atomic E-state index is 14.9. The number of aromatic amines is 1. The molecule has 1 aromatic carbocycles. The van der Waals surface area contributed by atoms with E-state index in [0.717, 1.165) is 12.3 Å². The molecule has 0 unspecified atom stereocenters. The van der Waals surface area contributed by atoms with Crippen LogP contribution in [-0.4, -0.2) is 33.1 Å². The number of carbonyl (C=O) groups is 1. The number of rotatable bonds is 5. The van der Waals surface area contributed by atoms with Gasteiger partial charge in [0.25, 0.3) is 0 Å². The van der Waals surface area contributed by atoms with Gasteiger partial charge in [0, 0.05) is 23.3 Å². The molecule has 0 saturated heterocycles. The van der Waals surface area contributed by atoms with E-state index < -0.39 is 22.8 Å². The van der Waals surface area contributed by atoms with Crippen LogP contribution in [0.5, 0.6) is 0 Å². The van der Waals surface area contributed by atoms with E-state index in [1.54, 1.807) is 19.3 Å². The first-order valence-corrected chi connectivity index (χ1v) is 8.04. The highest BCUT2D eigenvalue weighted by atomic mass is 19.1. The summed E-state index contributed by atoms with van der Waals surface area (Å²) in [5, 5.41) is 12.0. The van der Waals surface area contributed by atoms with E-state index in [1.165, 1.54) is 0 Å². The Morgan fingerprint density at radius 1 is 1.42 bits per heavy atom. The Labute approximate surface area is 147 Å². The van der Waals surface area contributed by atoms with Gasteiger partial charge in [0.05, 0.1) is 17.8 Å². The van der Waals surface area contributed by atoms with Crippen LogP contribution >= 0.6 is 0 Å². The van der Waals surface area contributed by atoms with Gasteiger partial charge in [0.15, 0.2) is 0 Å². The van der Waals surface area contributed by atoms with Crippen LogP contribution in [0.25, 0.3) is 22.2 Å². The number of aromatic nitrogens is 3. The van der Waals surface area contributed by atoms with Gasteiger partial charge in [0.2, 0.25) is 5.43 Å². The number of fused-ring (bicyclic) bond motifs is 1. The van der Waals surface area contributed by atoms with E-state index in [1.807, 2.05) is 6.92 Å². The maximum absolute atomic E-state index is 14.9. The minimum atomic E-state index is -1.36. The summed E-state index contributed by atoms with van der Waals surface area (Å²) in [4.78, 5) is 34.9. The molecule has 0 atom stereocenters. The summed E-state index contributed by atoms with van der Waals surface area (Å²) in [5.74, 6) is -1.47. The molecule has 26 heavy (non-hydrogen) atoms. The average molecular weight is 356 g/mol. The van der Waals surface area contributed by atoms with E-state index in [4.69, 9.17) is 5.11 Å². The SMILES string of the molecule is CCc1c(-c2ccnc(CNC)n2)c(F)cc2c(=O)c(C(=O)O)c[nH]c12. The highest BCUT2D eigenvalue weighted by Crippen LogP contribution is 2.30. The van der Waals surface area contributed by atoms with E-state index in [9.17, 15) is 14.0 Å². The summed E-state index contributed by atoms with van der Waals surface area (Å²) in [6.07, 6.45) is 3.12. The van der Waals surface area contributed by atoms with Crippen molar-refractivity contribution in [2.24, 2.45) is 0 Å². The standard InChI is InChI=1S/C18H17FN4O3/c1-3-9-15(13-4-5-21-14(23-13)8-20-2)12(19)6-10-16(9)22-7-11(17(10)24)18(25)26/h4-7,20H,3,8H2,1-2H3,(H,22,24)(H,25,26). The van der Waals surface area contributed by atoms with Gasteiger partial charge in [-0.05, 0) is 31.2 Å². The molecule has 134 valence electrons. The second-order valence-electron chi connectivity index (χ2n) is 5.71. The fraction of sp³-hybridized carbons (Fsp3) is 0.222. The molecular formula is C18H17FN4O3. The molecule has 0 radical (unpaired) electrons. The molecule has 0 bridgehead atoms. The topological polar surface area (TPSA) is 108 Å². The lowest BCUT2D eigenvalue weighted by Crippen LogP contribution is -2.16. The molecular weight excluding hydrogens is 339 g/mol. The van der Waals surface area contributed by atoms with Crippen LogP contribution in [0.1, 0.15) is 28.7 Å². The zero-order chi connectivity index (χ0) is 18.8. The Hall–Kier alpha value is -3.13. The number of benzene rings is 1. The van der Waals surface area contributed by atoms with Gasteiger partial charge in [-0.2, -0.15) is 0 Å². The number of aryl methyl sites for hydroxylation is 1. The van der Waals surface area contributed by atoms with E-state index in [2.05, 4.69) is 20.3 Å². The number of hydrogen-bond donors (Lipinski definition) is 3. The van der Waals surface area contributed by atoms with Gasteiger partial charge in [-0.15, -0.1) is 0 Å². The highest BCUT2D eigenvalue weighted by molar-refractivity contribution is 5.95. The summed E-state index contributed by atoms with van der Waals surface area (Å²) in [6.45, 7) is 2.26. The van der Waals surface area contributed by atoms with Crippen molar-refractivity contribution < 1.29 is 14.3 Å². The Bertz CT molecular complexity index is 1060. The summed E-state index contributed by atoms with van der Waals surface area (Å²) in [7, 11) is 1.76. The quantitative estimate of drug-likeness (QED) is 0.646. The lowest BCUT2D eigenvalue weighted by atomic mass is 9.96. The second-order valence-corrected chi connectivity index (χ2v) is 5.71. The molecule has 2 heterocycles. The van der Waals surface area contributed by atoms with Gasteiger partial charge in [-0.25, -0.2) is 19.2 Å². The predicted octanol–water partition coefficient (Wildman–Crippen LogP) is 2.10. The Morgan fingerprint density at radius 3 is 2.85 bits per heavy atom. The Kier molecular flexibility index (Phi) is 4.77. The lowest BCUT2D eigenvalue weighted by molar-refractivity contribution is 0.0695. The fourth-order valence-electron chi connectivity index (χ4n) is 2.97. The first-order valence-electron chi connectivity index (χ1n) is 8.04. The van der Waals surface area contributed by atoms with E-state index in [-0.39, 0.29) is 10.9 Å². The van der Waals surface area contributed by atoms with Crippen LogP contribution in [0.15, 0.2) is 29.3 Å². The molecule has 3 aromatic rings. The number of carboxylic acids is 1. The number of pyridine rings is 1. The minimum absolute atomic E-state index is 0.00695. The normalized spacial score (nSPS) is 11.0. The molecule has 2 aromatic heterocycles. The molecule has 0 aliphatic heterocycles. The Balaban J connectivity index is 2.32. The van der Waals surface area contributed by atoms with E-state index in [0.29, 0.717) is 35.6 Å². The van der Waals surface area contributed by atoms with Crippen molar-refractivity contribution in [2.75, 3.05) is 7.05 Å². The van der Waals surface area contributed by atoms with Crippen LogP contribution in [0, 0.1) is 5.82 Å². The van der Waals surface area contributed by atoms with Crippen molar-refractivity contribution in [1.82, 2.24) is 20.3 Å². The first kappa shape index (κ1) is 17.7. The van der Waals surface area contributed by atoms with Gasteiger partial charge in [-0.3, -0.25) is 4.79 Å². The number of hydrogen-bond acceptors (Lipinski definition) is 5. The molecule has 0 amide bonds. The zero-order valence-electron chi connectivity index (χ0n) is 14.3. The van der Waals surface area contributed by atoms with Crippen molar-refractivity contribution in [2.45, 2.75) is 19.9 Å². The molecule has 0 aliphatic rings. The molecule has 0 aliphatic carbocycles. The molecule has 3 rings (SSSR count). The van der Waals surface area contributed by atoms with Crippen molar-refractivity contribution in [3.8, 4) is 11.3 Å². The van der Waals surface area contributed by atoms with Crippen molar-refractivity contribution in [1.29, 1.82) is 0 Å². The van der Waals surface area contributed by atoms with Crippen molar-refractivity contribution >= 4 is 16.9 Å². The molecule has 0 saturated carbocycles. The summed E-state index contributed by atoms with van der Waals surface area (Å²) < 4.78 is 14.9. The fourth-order valence-corrected chi connectivity index (χ4v) is 2.97. The van der Waals surface area contributed by atoms with Crippen LogP contribution < -0.4 is 10.7 Å². The van der Waals surface area contributed by atoms with Crippen LogP contribution in [0.3, 0.4) is 0 Å². The smallest absolute Gasteiger partial charge is 0.341 e. The number of H-pyrrole nitrogens is 1. The molecule has 8 heteroatoms. The number of nitrogens with zero attached hydrogens (tertiary/aromatic N) is 2. The molecule has 0 spiro atoms. The predicted molar refractivity (Wildman–Crippen MR) is 94.7 cm³/mol. The minimum Gasteiger partial charge on any atom is -0.477 e. The largest absolute Gasteiger partial charge is 0.477 e. The number of nitrogens with one attached hydrogen (secondary N) is 2. The van der Waals surface area contributed by atoms with E-state index >= 15 is 0 Å². The van der Waals surface area contributed by atoms with Gasteiger partial charge < -0.3 is 15.4 Å². The van der Waals surface area contributed by atoms with Gasteiger partial charge >= 0.3 is 5.97 Å².